The van der Waals surface area contributed by atoms with Crippen molar-refractivity contribution >= 4 is 53.6 Å². The first-order chi connectivity index (χ1) is 15.1. The van der Waals surface area contributed by atoms with E-state index in [1.807, 2.05) is 36.4 Å². The fourth-order valence-corrected chi connectivity index (χ4v) is 13.2. The third-order valence-corrected chi connectivity index (χ3v) is 16.2. The predicted octanol–water partition coefficient (Wildman–Crippen LogP) is 6.29. The van der Waals surface area contributed by atoms with Crippen LogP contribution in [-0.4, -0.2) is 11.3 Å². The molecular formula is C27H24BrOPS. The Labute approximate surface area is 196 Å². The van der Waals surface area contributed by atoms with Crippen LogP contribution in [0, 0.1) is 0 Å². The summed E-state index contributed by atoms with van der Waals surface area (Å²) in [4.78, 5) is 13.5. The Balaban J connectivity index is 1.83. The molecule has 0 aliphatic rings. The van der Waals surface area contributed by atoms with Crippen molar-refractivity contribution in [2.45, 2.75) is 5.75 Å². The Morgan fingerprint density at radius 3 is 1.35 bits per heavy atom. The maximum atomic E-state index is 13.5. The minimum atomic E-state index is -3.20. The first kappa shape index (κ1) is 22.0. The van der Waals surface area contributed by atoms with Gasteiger partial charge in [0.1, 0.15) is 0 Å². The second kappa shape index (κ2) is 9.53. The van der Waals surface area contributed by atoms with Gasteiger partial charge < -0.3 is 0 Å². The third kappa shape index (κ3) is 4.41. The van der Waals surface area contributed by atoms with Gasteiger partial charge in [0.2, 0.25) is 0 Å². The van der Waals surface area contributed by atoms with Gasteiger partial charge in [0.05, 0.1) is 0 Å². The minimum absolute atomic E-state index is 0.190. The molecule has 0 bridgehead atoms. The van der Waals surface area contributed by atoms with E-state index in [0.29, 0.717) is 11.9 Å². The van der Waals surface area contributed by atoms with Crippen LogP contribution in [0.25, 0.3) is 0 Å². The molecule has 0 saturated heterocycles. The fraction of sp³-hybridized carbons (Fsp3) is 0.0741. The normalized spacial score (nSPS) is 12.6. The van der Waals surface area contributed by atoms with Crippen molar-refractivity contribution < 1.29 is 4.79 Å². The summed E-state index contributed by atoms with van der Waals surface area (Å²) < 4.78 is 0. The molecule has 0 aliphatic heterocycles. The molecule has 0 fully saturated rings. The van der Waals surface area contributed by atoms with Gasteiger partial charge in [-0.3, -0.25) is 0 Å². The Hall–Kier alpha value is -2.19. The molecule has 31 heavy (non-hydrogen) atoms. The summed E-state index contributed by atoms with van der Waals surface area (Å²) in [5.74, 6) is 0.678. The molecule has 4 aromatic carbocycles. The molecule has 0 aliphatic carbocycles. The molecule has 0 aromatic heterocycles. The zero-order valence-electron chi connectivity index (χ0n) is 17.1. The molecule has 0 amide bonds. The summed E-state index contributed by atoms with van der Waals surface area (Å²) in [7, 11) is 0. The molecule has 0 unspecified atom stereocenters. The van der Waals surface area contributed by atoms with Gasteiger partial charge in [-0.25, -0.2) is 0 Å². The second-order valence-corrected chi connectivity index (χ2v) is 17.5. The first-order valence-corrected chi connectivity index (χ1v) is 15.6. The number of hydrogen-bond donors (Lipinski definition) is 0. The summed E-state index contributed by atoms with van der Waals surface area (Å²) in [6.07, 6.45) is 0.418. The van der Waals surface area contributed by atoms with Crippen LogP contribution in [0.15, 0.2) is 121 Å². The van der Waals surface area contributed by atoms with Gasteiger partial charge in [-0.05, 0) is 0 Å². The molecule has 4 heteroatoms. The molecule has 4 aromatic rings. The van der Waals surface area contributed by atoms with Crippen molar-refractivity contribution in [3.05, 3.63) is 127 Å². The number of hydrogen-bond acceptors (Lipinski definition) is 2. The average Bonchev–Trinajstić information content (AvgIpc) is 2.85. The van der Waals surface area contributed by atoms with Crippen LogP contribution in [0.5, 0.6) is 0 Å². The van der Waals surface area contributed by atoms with E-state index >= 15 is 0 Å². The Bertz CT molecular complexity index is 1040. The number of carbonyl (C=O) groups excluding carboxylic acids is 1. The summed E-state index contributed by atoms with van der Waals surface area (Å²) in [5, 5.41) is 0.489. The van der Waals surface area contributed by atoms with Gasteiger partial charge in [0, 0.05) is 0 Å². The molecule has 0 radical (unpaired) electrons. The van der Waals surface area contributed by atoms with Gasteiger partial charge in [-0.2, -0.15) is 0 Å². The van der Waals surface area contributed by atoms with Crippen LogP contribution < -0.4 is 15.9 Å². The van der Waals surface area contributed by atoms with E-state index in [9.17, 15) is 4.79 Å². The molecule has 156 valence electrons. The van der Waals surface area contributed by atoms with Gasteiger partial charge in [-0.15, -0.1) is 0 Å². The van der Waals surface area contributed by atoms with Crippen LogP contribution in [0.2, 0.25) is 0 Å². The van der Waals surface area contributed by atoms with E-state index in [4.69, 9.17) is 0 Å². The van der Waals surface area contributed by atoms with Crippen molar-refractivity contribution in [2.24, 2.45) is 0 Å². The number of rotatable bonds is 7. The van der Waals surface area contributed by atoms with E-state index < -0.39 is 5.31 Å². The van der Waals surface area contributed by atoms with Crippen LogP contribution in [0.4, 0.5) is 0 Å². The first-order valence-electron chi connectivity index (χ1n) is 10.2. The van der Waals surface area contributed by atoms with E-state index in [1.165, 1.54) is 27.7 Å². The van der Waals surface area contributed by atoms with Crippen molar-refractivity contribution in [1.82, 2.24) is 0 Å². The maximum absolute atomic E-state index is 13.5. The summed E-state index contributed by atoms with van der Waals surface area (Å²) in [5.41, 5.74) is 1.16. The van der Waals surface area contributed by atoms with Crippen LogP contribution in [0.1, 0.15) is 5.56 Å². The van der Waals surface area contributed by atoms with Crippen LogP contribution in [0.3, 0.4) is 0 Å². The summed E-state index contributed by atoms with van der Waals surface area (Å²) in [6, 6.07) is 41.5. The van der Waals surface area contributed by atoms with Gasteiger partial charge in [0.15, 0.2) is 0 Å². The Kier molecular flexibility index (Phi) is 6.77. The van der Waals surface area contributed by atoms with Crippen molar-refractivity contribution in [3.8, 4) is 0 Å². The summed E-state index contributed by atoms with van der Waals surface area (Å²) >= 11 is 5.74. The van der Waals surface area contributed by atoms with Gasteiger partial charge in [-0.1, -0.05) is 0 Å². The van der Waals surface area contributed by atoms with E-state index in [2.05, 4.69) is 100 Å². The predicted molar refractivity (Wildman–Crippen MR) is 142 cm³/mol. The van der Waals surface area contributed by atoms with Gasteiger partial charge in [0.25, 0.3) is 0 Å². The molecule has 4 rings (SSSR count). The SMILES string of the molecule is O=C(CP(Br)(c1ccccc1)(c1ccccc1)c1ccccc1)SCc1ccccc1. The monoisotopic (exact) mass is 506 g/mol. The second-order valence-electron chi connectivity index (χ2n) is 7.49. The average molecular weight is 507 g/mol. The number of carbonyl (C=O) groups is 1. The van der Waals surface area contributed by atoms with Gasteiger partial charge >= 0.3 is 197 Å². The number of benzene rings is 4. The Morgan fingerprint density at radius 2 is 0.968 bits per heavy atom. The van der Waals surface area contributed by atoms with Crippen molar-refractivity contribution in [1.29, 1.82) is 0 Å². The van der Waals surface area contributed by atoms with Crippen molar-refractivity contribution in [2.75, 3.05) is 6.16 Å². The zero-order chi connectivity index (χ0) is 21.6. The fourth-order valence-electron chi connectivity index (χ4n) is 3.96. The van der Waals surface area contributed by atoms with E-state index in [-0.39, 0.29) is 5.12 Å². The molecule has 0 spiro atoms. The van der Waals surface area contributed by atoms with E-state index in [0.717, 1.165) is 5.56 Å². The third-order valence-electron chi connectivity index (χ3n) is 5.55. The topological polar surface area (TPSA) is 17.1 Å². The number of thioether (sulfide) groups is 1. The molecular weight excluding hydrogens is 483 g/mol. The molecule has 0 saturated carbocycles. The molecule has 1 nitrogen and oxygen atoms in total. The molecule has 0 atom stereocenters. The van der Waals surface area contributed by atoms with Crippen molar-refractivity contribution in [3.63, 3.8) is 0 Å². The van der Waals surface area contributed by atoms with Crippen LogP contribution in [-0.2, 0) is 10.5 Å². The number of halogens is 1. The standard InChI is InChI=1S/C27H24BrOPS/c28-30(24-15-7-2-8-16-24,25-17-9-3-10-18-25,26-19-11-4-12-20-26)21-27(29)31-22-23-13-5-1-6-14-23/h1-20H,21-22H2. The molecule has 0 N–H and O–H groups in total. The zero-order valence-corrected chi connectivity index (χ0v) is 20.4. The van der Waals surface area contributed by atoms with E-state index in [1.54, 1.807) is 0 Å². The van der Waals surface area contributed by atoms with Crippen LogP contribution >= 0.6 is 32.6 Å². The summed E-state index contributed by atoms with van der Waals surface area (Å²) in [6.45, 7) is 0. The molecule has 0 heterocycles. The Morgan fingerprint density at radius 1 is 0.613 bits per heavy atom. The quantitative estimate of drug-likeness (QED) is 0.274.